The summed E-state index contributed by atoms with van der Waals surface area (Å²) < 4.78 is 0. The number of carbonyl (C=O) groups excluding carboxylic acids is 2. The van der Waals surface area contributed by atoms with E-state index >= 15 is 0 Å². The molecule has 19 heavy (non-hydrogen) atoms. The molecular weight excluding hydrogens is 240 g/mol. The van der Waals surface area contributed by atoms with Crippen molar-refractivity contribution in [3.05, 3.63) is 29.8 Å². The molecule has 102 valence electrons. The second-order valence-electron chi connectivity index (χ2n) is 5.98. The number of rotatable bonds is 2. The number of benzene rings is 1. The molecule has 2 N–H and O–H groups in total. The van der Waals surface area contributed by atoms with Crippen LogP contribution >= 0.6 is 0 Å². The first-order chi connectivity index (χ1) is 8.82. The first-order valence-electron chi connectivity index (χ1n) is 6.51. The molecule has 0 radical (unpaired) electrons. The molecule has 4 heteroatoms. The normalized spacial score (nSPS) is 20.5. The smallest absolute Gasteiger partial charge is 0.230 e. The van der Waals surface area contributed by atoms with Crippen LogP contribution in [0.15, 0.2) is 24.3 Å². The van der Waals surface area contributed by atoms with Gasteiger partial charge in [-0.05, 0) is 24.0 Å². The van der Waals surface area contributed by atoms with Gasteiger partial charge in [0.15, 0.2) is 0 Å². The third-order valence-corrected chi connectivity index (χ3v) is 3.63. The fraction of sp³-hybridized carbons (Fsp3) is 0.467. The minimum absolute atomic E-state index is 0.114. The standard InChI is InChI=1S/C15H20N2O2/c1-10(11-6-4-5-7-12(11)16)17-13(18)8-15(2,3)9-14(17)19/h4-7,10H,8-9,16H2,1-3H3. The number of nitrogens with zero attached hydrogens (tertiary/aromatic N) is 1. The van der Waals surface area contributed by atoms with E-state index in [-0.39, 0.29) is 23.3 Å². The number of amides is 2. The number of para-hydroxylation sites is 1. The molecule has 0 aliphatic carbocycles. The van der Waals surface area contributed by atoms with Crippen molar-refractivity contribution in [2.45, 2.75) is 39.7 Å². The third-order valence-electron chi connectivity index (χ3n) is 3.63. The number of hydrogen-bond donors (Lipinski definition) is 1. The second kappa shape index (κ2) is 4.68. The zero-order valence-corrected chi connectivity index (χ0v) is 11.6. The summed E-state index contributed by atoms with van der Waals surface area (Å²) >= 11 is 0. The van der Waals surface area contributed by atoms with Crippen molar-refractivity contribution in [3.8, 4) is 0 Å². The van der Waals surface area contributed by atoms with Crippen molar-refractivity contribution in [3.63, 3.8) is 0 Å². The number of anilines is 1. The van der Waals surface area contributed by atoms with Crippen molar-refractivity contribution in [1.82, 2.24) is 4.90 Å². The minimum Gasteiger partial charge on any atom is -0.398 e. The number of nitrogens with two attached hydrogens (primary N) is 1. The Morgan fingerprint density at radius 2 is 1.68 bits per heavy atom. The Morgan fingerprint density at radius 3 is 2.21 bits per heavy atom. The lowest BCUT2D eigenvalue weighted by Crippen LogP contribution is -2.47. The SMILES string of the molecule is CC(c1ccccc1N)N1C(=O)CC(C)(C)CC1=O. The summed E-state index contributed by atoms with van der Waals surface area (Å²) in [6.07, 6.45) is 0.797. The average molecular weight is 260 g/mol. The average Bonchev–Trinajstić information content (AvgIpc) is 2.26. The maximum Gasteiger partial charge on any atom is 0.230 e. The first kappa shape index (κ1) is 13.6. The number of piperidine rings is 1. The molecule has 1 unspecified atom stereocenters. The van der Waals surface area contributed by atoms with Crippen molar-refractivity contribution >= 4 is 17.5 Å². The van der Waals surface area contributed by atoms with Gasteiger partial charge in [0, 0.05) is 18.5 Å². The van der Waals surface area contributed by atoms with Crippen molar-refractivity contribution < 1.29 is 9.59 Å². The summed E-state index contributed by atoms with van der Waals surface area (Å²) in [5.74, 6) is -0.228. The van der Waals surface area contributed by atoms with Crippen molar-refractivity contribution in [2.24, 2.45) is 5.41 Å². The van der Waals surface area contributed by atoms with Crippen molar-refractivity contribution in [2.75, 3.05) is 5.73 Å². The molecule has 0 bridgehead atoms. The number of carbonyl (C=O) groups is 2. The zero-order valence-electron chi connectivity index (χ0n) is 11.6. The molecule has 1 saturated heterocycles. The highest BCUT2D eigenvalue weighted by atomic mass is 16.2. The quantitative estimate of drug-likeness (QED) is 0.656. The van der Waals surface area contributed by atoms with E-state index in [4.69, 9.17) is 5.73 Å². The van der Waals surface area contributed by atoms with Crippen LogP contribution in [-0.4, -0.2) is 16.7 Å². The monoisotopic (exact) mass is 260 g/mol. The maximum atomic E-state index is 12.2. The molecule has 1 heterocycles. The molecule has 0 spiro atoms. The number of likely N-dealkylation sites (tertiary alicyclic amines) is 1. The van der Waals surface area contributed by atoms with Crippen LogP contribution in [0.5, 0.6) is 0 Å². The summed E-state index contributed by atoms with van der Waals surface area (Å²) in [4.78, 5) is 25.8. The van der Waals surface area contributed by atoms with E-state index in [2.05, 4.69) is 0 Å². The molecular formula is C15H20N2O2. The minimum atomic E-state index is -0.308. The number of hydrogen-bond acceptors (Lipinski definition) is 3. The third kappa shape index (κ3) is 2.62. The summed E-state index contributed by atoms with van der Waals surface area (Å²) in [5, 5.41) is 0. The van der Waals surface area contributed by atoms with Gasteiger partial charge in [-0.25, -0.2) is 0 Å². The fourth-order valence-electron chi connectivity index (χ4n) is 2.65. The van der Waals surface area contributed by atoms with Gasteiger partial charge in [0.05, 0.1) is 6.04 Å². The first-order valence-corrected chi connectivity index (χ1v) is 6.51. The summed E-state index contributed by atoms with van der Waals surface area (Å²) in [7, 11) is 0. The van der Waals surface area contributed by atoms with Gasteiger partial charge in [0.2, 0.25) is 11.8 Å². The van der Waals surface area contributed by atoms with Crippen LogP contribution < -0.4 is 5.73 Å². The molecule has 4 nitrogen and oxygen atoms in total. The highest BCUT2D eigenvalue weighted by Crippen LogP contribution is 2.36. The van der Waals surface area contributed by atoms with Gasteiger partial charge in [-0.1, -0.05) is 32.0 Å². The van der Waals surface area contributed by atoms with Crippen LogP contribution in [-0.2, 0) is 9.59 Å². The molecule has 0 aromatic heterocycles. The lowest BCUT2D eigenvalue weighted by atomic mass is 9.81. The topological polar surface area (TPSA) is 63.4 Å². The number of nitrogen functional groups attached to an aromatic ring is 1. The van der Waals surface area contributed by atoms with E-state index < -0.39 is 0 Å². The van der Waals surface area contributed by atoms with E-state index in [0.29, 0.717) is 18.5 Å². The van der Waals surface area contributed by atoms with Crippen LogP contribution in [0.3, 0.4) is 0 Å². The maximum absolute atomic E-state index is 12.2. The lowest BCUT2D eigenvalue weighted by Gasteiger charge is -2.38. The highest BCUT2D eigenvalue weighted by Gasteiger charge is 2.40. The summed E-state index contributed by atoms with van der Waals surface area (Å²) in [6.45, 7) is 5.74. The molecule has 1 aromatic rings. The highest BCUT2D eigenvalue weighted by molar-refractivity contribution is 5.99. The van der Waals surface area contributed by atoms with Crippen LogP contribution in [0.25, 0.3) is 0 Å². The Hall–Kier alpha value is -1.84. The van der Waals surface area contributed by atoms with Gasteiger partial charge < -0.3 is 5.73 Å². The van der Waals surface area contributed by atoms with Gasteiger partial charge in [-0.15, -0.1) is 0 Å². The molecule has 1 aliphatic heterocycles. The van der Waals surface area contributed by atoms with Gasteiger partial charge >= 0.3 is 0 Å². The Morgan fingerprint density at radius 1 is 1.16 bits per heavy atom. The second-order valence-corrected chi connectivity index (χ2v) is 5.98. The predicted octanol–water partition coefficient (Wildman–Crippen LogP) is 2.51. The number of imide groups is 1. The molecule has 1 atom stereocenters. The molecule has 1 aliphatic rings. The van der Waals surface area contributed by atoms with Crippen LogP contribution in [0.2, 0.25) is 0 Å². The summed E-state index contributed by atoms with van der Waals surface area (Å²) in [5.41, 5.74) is 7.11. The Labute approximate surface area is 113 Å². The largest absolute Gasteiger partial charge is 0.398 e. The lowest BCUT2D eigenvalue weighted by molar-refractivity contribution is -0.155. The van der Waals surface area contributed by atoms with E-state index in [9.17, 15) is 9.59 Å². The molecule has 2 rings (SSSR count). The Bertz CT molecular complexity index is 503. The molecule has 2 amide bonds. The van der Waals surface area contributed by atoms with Gasteiger partial charge in [0.1, 0.15) is 0 Å². The van der Waals surface area contributed by atoms with E-state index in [0.717, 1.165) is 5.56 Å². The molecule has 0 saturated carbocycles. The van der Waals surface area contributed by atoms with Crippen molar-refractivity contribution in [1.29, 1.82) is 0 Å². The molecule has 1 aromatic carbocycles. The van der Waals surface area contributed by atoms with E-state index in [1.54, 1.807) is 6.07 Å². The van der Waals surface area contributed by atoms with Gasteiger partial charge in [-0.2, -0.15) is 0 Å². The summed E-state index contributed by atoms with van der Waals surface area (Å²) in [6, 6.07) is 7.05. The van der Waals surface area contributed by atoms with Crippen LogP contribution in [0.1, 0.15) is 45.2 Å². The van der Waals surface area contributed by atoms with E-state index in [1.807, 2.05) is 39.0 Å². The fourth-order valence-corrected chi connectivity index (χ4v) is 2.65. The molecule has 1 fully saturated rings. The zero-order chi connectivity index (χ0) is 14.2. The van der Waals surface area contributed by atoms with Crippen LogP contribution in [0.4, 0.5) is 5.69 Å². The van der Waals surface area contributed by atoms with Gasteiger partial charge in [-0.3, -0.25) is 14.5 Å². The van der Waals surface area contributed by atoms with Crippen LogP contribution in [0, 0.1) is 5.41 Å². The Balaban J connectivity index is 2.29. The predicted molar refractivity (Wildman–Crippen MR) is 74.1 cm³/mol. The Kier molecular flexibility index (Phi) is 3.35. The van der Waals surface area contributed by atoms with Gasteiger partial charge in [0.25, 0.3) is 0 Å². The van der Waals surface area contributed by atoms with E-state index in [1.165, 1.54) is 4.90 Å².